The van der Waals surface area contributed by atoms with E-state index in [1.54, 1.807) is 4.68 Å². The Balaban J connectivity index is 2.49. The number of aryl methyl sites for hydroxylation is 2. The van der Waals surface area contributed by atoms with Crippen LogP contribution in [0.4, 0.5) is 5.82 Å². The van der Waals surface area contributed by atoms with Crippen LogP contribution in [0.2, 0.25) is 0 Å². The van der Waals surface area contributed by atoms with Gasteiger partial charge in [0.15, 0.2) is 17.0 Å². The Morgan fingerprint density at radius 1 is 1.33 bits per heavy atom. The number of aromatic nitrogens is 5. The molecule has 2 heterocycles. The summed E-state index contributed by atoms with van der Waals surface area (Å²) < 4.78 is 1.78. The first-order chi connectivity index (χ1) is 7.22. The van der Waals surface area contributed by atoms with Crippen LogP contribution in [0.3, 0.4) is 0 Å². The highest BCUT2D eigenvalue weighted by molar-refractivity contribution is 5.80. The third-order valence-corrected chi connectivity index (χ3v) is 2.23. The second kappa shape index (κ2) is 3.80. The predicted octanol–water partition coefficient (Wildman–Crippen LogP) is 0.912. The fraction of sp³-hybridized carbons (Fsp3) is 0.556. The molecule has 0 atom stereocenters. The summed E-state index contributed by atoms with van der Waals surface area (Å²) in [5, 5.41) is 7.99. The molecule has 2 rings (SSSR count). The molecule has 0 saturated carbocycles. The molecule has 15 heavy (non-hydrogen) atoms. The molecule has 0 bridgehead atoms. The van der Waals surface area contributed by atoms with Gasteiger partial charge in [-0.25, -0.2) is 14.6 Å². The fourth-order valence-corrected chi connectivity index (χ4v) is 1.45. The van der Waals surface area contributed by atoms with Crippen LogP contribution in [0.15, 0.2) is 0 Å². The van der Waals surface area contributed by atoms with E-state index in [1.165, 1.54) is 0 Å². The predicted molar refractivity (Wildman–Crippen MR) is 57.2 cm³/mol. The molecule has 6 heteroatoms. The van der Waals surface area contributed by atoms with Gasteiger partial charge in [0.05, 0.1) is 0 Å². The maximum Gasteiger partial charge on any atom is 0.184 e. The topological polar surface area (TPSA) is 82.5 Å². The van der Waals surface area contributed by atoms with Gasteiger partial charge < -0.3 is 5.73 Å². The zero-order valence-corrected chi connectivity index (χ0v) is 8.93. The van der Waals surface area contributed by atoms with Crippen molar-refractivity contribution in [1.29, 1.82) is 0 Å². The highest BCUT2D eigenvalue weighted by Gasteiger charge is 2.10. The second-order valence-electron chi connectivity index (χ2n) is 3.49. The molecular weight excluding hydrogens is 192 g/mol. The van der Waals surface area contributed by atoms with Crippen LogP contribution in [-0.2, 0) is 6.54 Å². The van der Waals surface area contributed by atoms with E-state index in [4.69, 9.17) is 5.73 Å². The Morgan fingerprint density at radius 2 is 2.13 bits per heavy atom. The monoisotopic (exact) mass is 206 g/mol. The zero-order chi connectivity index (χ0) is 10.8. The van der Waals surface area contributed by atoms with Crippen molar-refractivity contribution in [2.45, 2.75) is 33.2 Å². The SMILES string of the molecule is CCCCn1nnc2c(N)nc(C)nc21. The molecule has 0 aliphatic heterocycles. The number of hydrogen-bond acceptors (Lipinski definition) is 5. The van der Waals surface area contributed by atoms with E-state index in [2.05, 4.69) is 27.2 Å². The number of anilines is 1. The van der Waals surface area contributed by atoms with Crippen molar-refractivity contribution in [1.82, 2.24) is 25.0 Å². The minimum Gasteiger partial charge on any atom is -0.382 e. The smallest absolute Gasteiger partial charge is 0.184 e. The van der Waals surface area contributed by atoms with Crippen LogP contribution < -0.4 is 5.73 Å². The molecule has 0 unspecified atom stereocenters. The number of fused-ring (bicyclic) bond motifs is 1. The highest BCUT2D eigenvalue weighted by Crippen LogP contribution is 2.14. The molecule has 0 fully saturated rings. The molecule has 0 amide bonds. The third-order valence-electron chi connectivity index (χ3n) is 2.23. The van der Waals surface area contributed by atoms with Gasteiger partial charge in [-0.15, -0.1) is 5.10 Å². The standard InChI is InChI=1S/C9H14N6/c1-3-4-5-15-9-7(13-14-15)8(10)11-6(2)12-9/h3-5H2,1-2H3,(H2,10,11,12). The van der Waals surface area contributed by atoms with E-state index in [0.29, 0.717) is 17.2 Å². The minimum absolute atomic E-state index is 0.403. The van der Waals surface area contributed by atoms with Crippen molar-refractivity contribution in [2.24, 2.45) is 0 Å². The van der Waals surface area contributed by atoms with Crippen LogP contribution in [-0.4, -0.2) is 25.0 Å². The summed E-state index contributed by atoms with van der Waals surface area (Å²) in [6, 6.07) is 0. The van der Waals surface area contributed by atoms with Crippen molar-refractivity contribution in [2.75, 3.05) is 5.73 Å². The highest BCUT2D eigenvalue weighted by atomic mass is 15.4. The Kier molecular flexibility index (Phi) is 2.49. The van der Waals surface area contributed by atoms with Crippen LogP contribution in [0.25, 0.3) is 11.2 Å². The quantitative estimate of drug-likeness (QED) is 0.807. The van der Waals surface area contributed by atoms with Gasteiger partial charge in [-0.3, -0.25) is 0 Å². The van der Waals surface area contributed by atoms with Gasteiger partial charge in [-0.1, -0.05) is 18.6 Å². The first-order valence-corrected chi connectivity index (χ1v) is 5.05. The van der Waals surface area contributed by atoms with E-state index < -0.39 is 0 Å². The minimum atomic E-state index is 0.403. The molecule has 0 aliphatic carbocycles. The summed E-state index contributed by atoms with van der Waals surface area (Å²) in [7, 11) is 0. The third kappa shape index (κ3) is 1.74. The van der Waals surface area contributed by atoms with Crippen molar-refractivity contribution in [3.63, 3.8) is 0 Å². The zero-order valence-electron chi connectivity index (χ0n) is 8.93. The van der Waals surface area contributed by atoms with Crippen LogP contribution in [0.5, 0.6) is 0 Å². The molecule has 0 aliphatic rings. The molecular formula is C9H14N6. The summed E-state index contributed by atoms with van der Waals surface area (Å²) in [6.07, 6.45) is 2.17. The first kappa shape index (κ1) is 9.82. The Hall–Kier alpha value is -1.72. The lowest BCUT2D eigenvalue weighted by atomic mass is 10.3. The maximum atomic E-state index is 5.73. The lowest BCUT2D eigenvalue weighted by Gasteiger charge is -2.00. The molecule has 2 N–H and O–H groups in total. The van der Waals surface area contributed by atoms with Gasteiger partial charge in [0, 0.05) is 6.54 Å². The Morgan fingerprint density at radius 3 is 2.87 bits per heavy atom. The van der Waals surface area contributed by atoms with E-state index in [0.717, 1.165) is 25.0 Å². The number of nitrogens with zero attached hydrogens (tertiary/aromatic N) is 5. The normalized spacial score (nSPS) is 11.1. The number of rotatable bonds is 3. The first-order valence-electron chi connectivity index (χ1n) is 5.05. The van der Waals surface area contributed by atoms with Gasteiger partial charge in [0.1, 0.15) is 5.82 Å². The second-order valence-corrected chi connectivity index (χ2v) is 3.49. The van der Waals surface area contributed by atoms with Gasteiger partial charge in [-0.05, 0) is 13.3 Å². The van der Waals surface area contributed by atoms with Crippen molar-refractivity contribution in [3.8, 4) is 0 Å². The van der Waals surface area contributed by atoms with Crippen molar-refractivity contribution in [3.05, 3.63) is 5.82 Å². The summed E-state index contributed by atoms with van der Waals surface area (Å²) >= 11 is 0. The number of hydrogen-bond donors (Lipinski definition) is 1. The molecule has 2 aromatic rings. The van der Waals surface area contributed by atoms with E-state index >= 15 is 0 Å². The van der Waals surface area contributed by atoms with E-state index in [1.807, 2.05) is 6.92 Å². The number of unbranched alkanes of at least 4 members (excludes halogenated alkanes) is 1. The van der Waals surface area contributed by atoms with Crippen molar-refractivity contribution >= 4 is 17.0 Å². The molecule has 2 aromatic heterocycles. The van der Waals surface area contributed by atoms with E-state index in [-0.39, 0.29) is 0 Å². The molecule has 6 nitrogen and oxygen atoms in total. The van der Waals surface area contributed by atoms with Gasteiger partial charge in [-0.2, -0.15) is 0 Å². The average molecular weight is 206 g/mol. The lowest BCUT2D eigenvalue weighted by molar-refractivity contribution is 0.563. The molecule has 0 aromatic carbocycles. The fourth-order valence-electron chi connectivity index (χ4n) is 1.45. The van der Waals surface area contributed by atoms with E-state index in [9.17, 15) is 0 Å². The summed E-state index contributed by atoms with van der Waals surface area (Å²) in [4.78, 5) is 8.34. The van der Waals surface area contributed by atoms with Crippen molar-refractivity contribution < 1.29 is 0 Å². The molecule has 0 spiro atoms. The number of nitrogen functional groups attached to an aromatic ring is 1. The Labute approximate surface area is 87.5 Å². The maximum absolute atomic E-state index is 5.73. The van der Waals surface area contributed by atoms with Crippen LogP contribution in [0.1, 0.15) is 25.6 Å². The molecule has 80 valence electrons. The van der Waals surface area contributed by atoms with Gasteiger partial charge in [0.2, 0.25) is 0 Å². The van der Waals surface area contributed by atoms with Gasteiger partial charge in [0.25, 0.3) is 0 Å². The number of nitrogens with two attached hydrogens (primary N) is 1. The average Bonchev–Trinajstić information content (AvgIpc) is 2.58. The molecule has 0 radical (unpaired) electrons. The van der Waals surface area contributed by atoms with Gasteiger partial charge >= 0.3 is 0 Å². The summed E-state index contributed by atoms with van der Waals surface area (Å²) in [5.74, 6) is 1.06. The molecule has 0 saturated heterocycles. The lowest BCUT2D eigenvalue weighted by Crippen LogP contribution is -2.03. The van der Waals surface area contributed by atoms with Crippen LogP contribution >= 0.6 is 0 Å². The summed E-state index contributed by atoms with van der Waals surface area (Å²) in [6.45, 7) is 4.77. The largest absolute Gasteiger partial charge is 0.382 e. The Bertz CT molecular complexity index is 475. The summed E-state index contributed by atoms with van der Waals surface area (Å²) in [5.41, 5.74) is 7.06. The van der Waals surface area contributed by atoms with Crippen LogP contribution in [0, 0.1) is 6.92 Å².